The van der Waals surface area contributed by atoms with Gasteiger partial charge in [0.05, 0.1) is 24.9 Å². The molecule has 1 aromatic carbocycles. The van der Waals surface area contributed by atoms with Gasteiger partial charge in [0, 0.05) is 30.3 Å². The summed E-state index contributed by atoms with van der Waals surface area (Å²) in [5.74, 6) is 1.68. The molecule has 1 N–H and O–H groups in total. The second-order valence-electron chi connectivity index (χ2n) is 4.96. The average Bonchev–Trinajstić information content (AvgIpc) is 2.91. The summed E-state index contributed by atoms with van der Waals surface area (Å²) in [4.78, 5) is 4.67. The van der Waals surface area contributed by atoms with Crippen molar-refractivity contribution < 1.29 is 4.74 Å². The number of pyridine rings is 1. The van der Waals surface area contributed by atoms with Gasteiger partial charge in [0.25, 0.3) is 0 Å². The Hall–Kier alpha value is -2.56. The lowest BCUT2D eigenvalue weighted by Gasteiger charge is -2.11. The molecular weight excluding hydrogens is 264 g/mol. The standard InChI is InChI=1S/C16H18N4O/c1-11-6-7-20(19-11)10-13-8-12-4-5-14(21-3)9-15(12)18-16(13)17-2/h4-9H,10H2,1-3H3,(H,17,18). The van der Waals surface area contributed by atoms with Crippen molar-refractivity contribution in [3.63, 3.8) is 0 Å². The number of fused-ring (bicyclic) bond motifs is 1. The fraction of sp³-hybridized carbons (Fsp3) is 0.250. The molecule has 0 atom stereocenters. The summed E-state index contributed by atoms with van der Waals surface area (Å²) in [6.45, 7) is 2.68. The van der Waals surface area contributed by atoms with Gasteiger partial charge in [-0.3, -0.25) is 4.68 Å². The number of hydrogen-bond donors (Lipinski definition) is 1. The van der Waals surface area contributed by atoms with Crippen molar-refractivity contribution in [1.82, 2.24) is 14.8 Å². The number of aryl methyl sites for hydroxylation is 1. The summed E-state index contributed by atoms with van der Waals surface area (Å²) in [5, 5.41) is 8.68. The van der Waals surface area contributed by atoms with E-state index in [1.807, 2.05) is 49.1 Å². The van der Waals surface area contributed by atoms with E-state index in [4.69, 9.17) is 4.74 Å². The van der Waals surface area contributed by atoms with Crippen LogP contribution in [-0.4, -0.2) is 28.9 Å². The van der Waals surface area contributed by atoms with Crippen molar-refractivity contribution in [1.29, 1.82) is 0 Å². The van der Waals surface area contributed by atoms with Gasteiger partial charge in [0.15, 0.2) is 0 Å². The molecule has 5 nitrogen and oxygen atoms in total. The van der Waals surface area contributed by atoms with Crippen molar-refractivity contribution in [3.05, 3.63) is 47.8 Å². The van der Waals surface area contributed by atoms with E-state index in [0.717, 1.165) is 33.7 Å². The highest BCUT2D eigenvalue weighted by Crippen LogP contribution is 2.24. The zero-order chi connectivity index (χ0) is 14.8. The Morgan fingerprint density at radius 3 is 2.76 bits per heavy atom. The number of anilines is 1. The maximum absolute atomic E-state index is 5.25. The average molecular weight is 282 g/mol. The molecule has 3 aromatic rings. The van der Waals surface area contributed by atoms with Gasteiger partial charge in [-0.15, -0.1) is 0 Å². The normalized spacial score (nSPS) is 10.8. The van der Waals surface area contributed by atoms with E-state index in [9.17, 15) is 0 Å². The molecule has 0 saturated carbocycles. The Morgan fingerprint density at radius 1 is 1.24 bits per heavy atom. The molecule has 0 saturated heterocycles. The highest BCUT2D eigenvalue weighted by atomic mass is 16.5. The van der Waals surface area contributed by atoms with Crippen LogP contribution < -0.4 is 10.1 Å². The molecule has 0 unspecified atom stereocenters. The van der Waals surface area contributed by atoms with E-state index in [0.29, 0.717) is 6.54 Å². The van der Waals surface area contributed by atoms with Crippen molar-refractivity contribution in [2.24, 2.45) is 0 Å². The van der Waals surface area contributed by atoms with Crippen LogP contribution in [0.25, 0.3) is 10.9 Å². The number of nitrogens with one attached hydrogen (secondary N) is 1. The minimum absolute atomic E-state index is 0.693. The summed E-state index contributed by atoms with van der Waals surface area (Å²) in [5.41, 5.74) is 3.04. The lowest BCUT2D eigenvalue weighted by Crippen LogP contribution is -2.06. The predicted molar refractivity (Wildman–Crippen MR) is 83.9 cm³/mol. The van der Waals surface area contributed by atoms with Crippen molar-refractivity contribution in [2.45, 2.75) is 13.5 Å². The van der Waals surface area contributed by atoms with Crippen molar-refractivity contribution in [2.75, 3.05) is 19.5 Å². The van der Waals surface area contributed by atoms with Crippen LogP contribution in [-0.2, 0) is 6.54 Å². The van der Waals surface area contributed by atoms with Gasteiger partial charge in [0.2, 0.25) is 0 Å². The van der Waals surface area contributed by atoms with Crippen molar-refractivity contribution in [3.8, 4) is 5.75 Å². The Kier molecular flexibility index (Phi) is 3.48. The molecule has 21 heavy (non-hydrogen) atoms. The van der Waals surface area contributed by atoms with Crippen LogP contribution in [0.2, 0.25) is 0 Å². The van der Waals surface area contributed by atoms with E-state index in [2.05, 4.69) is 21.5 Å². The molecule has 0 bridgehead atoms. The fourth-order valence-electron chi connectivity index (χ4n) is 2.38. The Morgan fingerprint density at radius 2 is 2.10 bits per heavy atom. The molecule has 0 fully saturated rings. The fourth-order valence-corrected chi connectivity index (χ4v) is 2.38. The molecule has 3 rings (SSSR count). The second-order valence-corrected chi connectivity index (χ2v) is 4.96. The van der Waals surface area contributed by atoms with Crippen LogP contribution in [0.1, 0.15) is 11.3 Å². The van der Waals surface area contributed by atoms with E-state index in [1.165, 1.54) is 0 Å². The second kappa shape index (κ2) is 5.44. The highest BCUT2D eigenvalue weighted by Gasteiger charge is 2.08. The van der Waals surface area contributed by atoms with E-state index < -0.39 is 0 Å². The largest absolute Gasteiger partial charge is 0.497 e. The highest BCUT2D eigenvalue weighted by molar-refractivity contribution is 5.83. The molecule has 2 heterocycles. The first-order valence-corrected chi connectivity index (χ1v) is 6.85. The van der Waals surface area contributed by atoms with Gasteiger partial charge >= 0.3 is 0 Å². The van der Waals surface area contributed by atoms with Crippen LogP contribution in [0.3, 0.4) is 0 Å². The zero-order valence-electron chi connectivity index (χ0n) is 12.4. The van der Waals surface area contributed by atoms with E-state index >= 15 is 0 Å². The number of rotatable bonds is 4. The molecule has 5 heteroatoms. The topological polar surface area (TPSA) is 52.0 Å². The number of ether oxygens (including phenoxy) is 1. The van der Waals surface area contributed by atoms with Gasteiger partial charge in [-0.2, -0.15) is 5.10 Å². The lowest BCUT2D eigenvalue weighted by atomic mass is 10.1. The third kappa shape index (κ3) is 2.67. The Labute approximate surface area is 123 Å². The summed E-state index contributed by atoms with van der Waals surface area (Å²) >= 11 is 0. The van der Waals surface area contributed by atoms with Gasteiger partial charge in [0.1, 0.15) is 11.6 Å². The van der Waals surface area contributed by atoms with Crippen LogP contribution in [0, 0.1) is 6.92 Å². The molecule has 108 valence electrons. The van der Waals surface area contributed by atoms with Crippen LogP contribution >= 0.6 is 0 Å². The van der Waals surface area contributed by atoms with Gasteiger partial charge in [-0.1, -0.05) is 0 Å². The van der Waals surface area contributed by atoms with Crippen molar-refractivity contribution >= 4 is 16.7 Å². The van der Waals surface area contributed by atoms with Crippen LogP contribution in [0.15, 0.2) is 36.5 Å². The summed E-state index contributed by atoms with van der Waals surface area (Å²) in [7, 11) is 3.54. The lowest BCUT2D eigenvalue weighted by molar-refractivity contribution is 0.415. The zero-order valence-corrected chi connectivity index (χ0v) is 12.4. The Bertz CT molecular complexity index is 779. The maximum atomic E-state index is 5.25. The SMILES string of the molecule is CNc1nc2cc(OC)ccc2cc1Cn1ccc(C)n1. The van der Waals surface area contributed by atoms with E-state index in [1.54, 1.807) is 7.11 Å². The minimum Gasteiger partial charge on any atom is -0.497 e. The molecular formula is C16H18N4O. The quantitative estimate of drug-likeness (QED) is 0.799. The summed E-state index contributed by atoms with van der Waals surface area (Å²) in [6.07, 6.45) is 1.98. The Balaban J connectivity index is 2.04. The van der Waals surface area contributed by atoms with Crippen LogP contribution in [0.5, 0.6) is 5.75 Å². The number of aromatic nitrogens is 3. The minimum atomic E-state index is 0.693. The number of methoxy groups -OCH3 is 1. The van der Waals surface area contributed by atoms with E-state index in [-0.39, 0.29) is 0 Å². The molecule has 2 aromatic heterocycles. The first-order valence-electron chi connectivity index (χ1n) is 6.85. The smallest absolute Gasteiger partial charge is 0.131 e. The first kappa shape index (κ1) is 13.4. The molecule has 0 aliphatic rings. The number of benzene rings is 1. The monoisotopic (exact) mass is 282 g/mol. The van der Waals surface area contributed by atoms with Gasteiger partial charge < -0.3 is 10.1 Å². The predicted octanol–water partition coefficient (Wildman–Crippen LogP) is 2.84. The summed E-state index contributed by atoms with van der Waals surface area (Å²) in [6, 6.07) is 10.1. The molecule has 0 aliphatic heterocycles. The molecule has 0 amide bonds. The third-order valence-corrected chi connectivity index (χ3v) is 3.45. The molecule has 0 aliphatic carbocycles. The number of hydrogen-bond acceptors (Lipinski definition) is 4. The molecule has 0 radical (unpaired) electrons. The third-order valence-electron chi connectivity index (χ3n) is 3.45. The molecule has 0 spiro atoms. The first-order chi connectivity index (χ1) is 10.2. The van der Waals surface area contributed by atoms with Gasteiger partial charge in [-0.25, -0.2) is 4.98 Å². The summed E-state index contributed by atoms with van der Waals surface area (Å²) < 4.78 is 7.17. The van der Waals surface area contributed by atoms with Gasteiger partial charge in [-0.05, 0) is 31.2 Å². The maximum Gasteiger partial charge on any atom is 0.131 e. The number of nitrogens with zero attached hydrogens (tertiary/aromatic N) is 3. The van der Waals surface area contributed by atoms with Crippen LogP contribution in [0.4, 0.5) is 5.82 Å².